The summed E-state index contributed by atoms with van der Waals surface area (Å²) in [5.41, 5.74) is 0.504. The first-order valence-electron chi connectivity index (χ1n) is 13.3. The second-order valence-corrected chi connectivity index (χ2v) is 12.0. The fourth-order valence-corrected chi connectivity index (χ4v) is 6.22. The van der Waals surface area contributed by atoms with Crippen LogP contribution in [0.1, 0.15) is 66.2 Å². The number of anilines is 1. The van der Waals surface area contributed by atoms with Crippen molar-refractivity contribution < 1.29 is 14.4 Å². The van der Waals surface area contributed by atoms with Gasteiger partial charge in [0, 0.05) is 38.3 Å². The molecule has 192 valence electrons. The quantitative estimate of drug-likeness (QED) is 0.620. The van der Waals surface area contributed by atoms with Crippen molar-refractivity contribution >= 4 is 23.4 Å². The first kappa shape index (κ1) is 25.5. The molecule has 0 radical (unpaired) electrons. The van der Waals surface area contributed by atoms with Crippen molar-refractivity contribution in [2.45, 2.75) is 71.8 Å². The van der Waals surface area contributed by atoms with Crippen molar-refractivity contribution in [1.29, 1.82) is 0 Å². The third kappa shape index (κ3) is 5.65. The maximum atomic E-state index is 13.8. The fourth-order valence-electron chi connectivity index (χ4n) is 6.22. The largest absolute Gasteiger partial charge is 0.342 e. The Balaban J connectivity index is 1.46. The highest BCUT2D eigenvalue weighted by Gasteiger charge is 2.54. The van der Waals surface area contributed by atoms with Gasteiger partial charge in [-0.3, -0.25) is 14.4 Å². The Labute approximate surface area is 210 Å². The Morgan fingerprint density at radius 2 is 1.54 bits per heavy atom. The van der Waals surface area contributed by atoms with E-state index in [2.05, 4.69) is 32.6 Å². The molecule has 3 heterocycles. The highest BCUT2D eigenvalue weighted by Crippen LogP contribution is 2.40. The predicted molar refractivity (Wildman–Crippen MR) is 138 cm³/mol. The van der Waals surface area contributed by atoms with Crippen molar-refractivity contribution in [3.8, 4) is 0 Å². The number of amides is 3. The van der Waals surface area contributed by atoms with Crippen LogP contribution in [0.15, 0.2) is 30.3 Å². The van der Waals surface area contributed by atoms with E-state index in [9.17, 15) is 14.4 Å². The summed E-state index contributed by atoms with van der Waals surface area (Å²) in [5, 5.41) is 0. The predicted octanol–water partition coefficient (Wildman–Crippen LogP) is 3.74. The number of likely N-dealkylation sites (tertiary alicyclic amines) is 2. The molecule has 1 spiro atoms. The minimum Gasteiger partial charge on any atom is -0.342 e. The molecular formula is C28H42N4O3. The maximum Gasteiger partial charge on any atom is 0.250 e. The molecule has 0 saturated carbocycles. The van der Waals surface area contributed by atoms with Gasteiger partial charge in [-0.25, -0.2) is 0 Å². The second-order valence-electron chi connectivity index (χ2n) is 12.0. The van der Waals surface area contributed by atoms with Crippen molar-refractivity contribution in [2.75, 3.05) is 44.3 Å². The van der Waals surface area contributed by atoms with Gasteiger partial charge in [0.05, 0.1) is 6.67 Å². The number of benzene rings is 1. The molecule has 3 saturated heterocycles. The minimum absolute atomic E-state index is 0.0297. The van der Waals surface area contributed by atoms with Gasteiger partial charge in [-0.2, -0.15) is 0 Å². The Bertz CT molecular complexity index is 912. The van der Waals surface area contributed by atoms with Gasteiger partial charge in [-0.15, -0.1) is 0 Å². The van der Waals surface area contributed by atoms with Crippen LogP contribution < -0.4 is 4.90 Å². The number of carbonyl (C=O) groups excluding carboxylic acids is 3. The molecule has 3 fully saturated rings. The van der Waals surface area contributed by atoms with E-state index in [4.69, 9.17) is 0 Å². The maximum absolute atomic E-state index is 13.8. The van der Waals surface area contributed by atoms with Crippen LogP contribution in [0.2, 0.25) is 0 Å². The van der Waals surface area contributed by atoms with Crippen molar-refractivity contribution in [2.24, 2.45) is 11.3 Å². The van der Waals surface area contributed by atoms with Crippen molar-refractivity contribution in [3.63, 3.8) is 0 Å². The molecule has 3 amide bonds. The number of nitrogens with zero attached hydrogens (tertiary/aromatic N) is 4. The molecule has 0 N–H and O–H groups in total. The lowest BCUT2D eigenvalue weighted by atomic mass is 9.83. The lowest BCUT2D eigenvalue weighted by molar-refractivity contribution is -0.142. The first-order chi connectivity index (χ1) is 16.6. The number of carbonyl (C=O) groups is 3. The molecule has 7 heteroatoms. The third-order valence-corrected chi connectivity index (χ3v) is 7.79. The highest BCUT2D eigenvalue weighted by molar-refractivity contribution is 5.96. The van der Waals surface area contributed by atoms with Crippen LogP contribution in [-0.2, 0) is 14.4 Å². The summed E-state index contributed by atoms with van der Waals surface area (Å²) >= 11 is 0. The van der Waals surface area contributed by atoms with E-state index in [1.807, 2.05) is 40.1 Å². The summed E-state index contributed by atoms with van der Waals surface area (Å²) in [6, 6.07) is 10.0. The Hall–Kier alpha value is -2.57. The summed E-state index contributed by atoms with van der Waals surface area (Å²) < 4.78 is 0. The molecule has 4 rings (SSSR count). The monoisotopic (exact) mass is 482 g/mol. The van der Waals surface area contributed by atoms with Gasteiger partial charge >= 0.3 is 0 Å². The van der Waals surface area contributed by atoms with E-state index < -0.39 is 5.54 Å². The molecule has 0 aromatic heterocycles. The molecule has 1 unspecified atom stereocenters. The molecule has 35 heavy (non-hydrogen) atoms. The van der Waals surface area contributed by atoms with Crippen LogP contribution in [0.4, 0.5) is 5.69 Å². The molecule has 1 aromatic carbocycles. The molecule has 3 aliphatic heterocycles. The molecule has 1 aromatic rings. The van der Waals surface area contributed by atoms with Crippen LogP contribution in [-0.4, -0.2) is 77.4 Å². The van der Waals surface area contributed by atoms with E-state index >= 15 is 0 Å². The van der Waals surface area contributed by atoms with Crippen molar-refractivity contribution in [1.82, 2.24) is 14.7 Å². The second kappa shape index (κ2) is 10.2. The van der Waals surface area contributed by atoms with Gasteiger partial charge in [0.2, 0.25) is 11.8 Å². The molecular weight excluding hydrogens is 440 g/mol. The van der Waals surface area contributed by atoms with Crippen LogP contribution >= 0.6 is 0 Å². The number of rotatable bonds is 6. The van der Waals surface area contributed by atoms with E-state index in [-0.39, 0.29) is 29.7 Å². The third-order valence-electron chi connectivity index (χ3n) is 7.79. The molecule has 1 atom stereocenters. The number of hydrogen-bond acceptors (Lipinski definition) is 4. The van der Waals surface area contributed by atoms with E-state index in [1.165, 1.54) is 0 Å². The standard InChI is InChI=1S/C28H42N4O3/c1-22(19-27(2,3)4)18-24(33)30-16-12-28(13-17-30)26(35)31(20-25(34)29-14-8-9-15-29)21-32(28)23-10-6-5-7-11-23/h5-7,10-11,22H,8-9,12-21H2,1-4H3. The van der Waals surface area contributed by atoms with Gasteiger partial charge in [0.25, 0.3) is 5.91 Å². The summed E-state index contributed by atoms with van der Waals surface area (Å²) in [6.07, 6.45) is 4.83. The van der Waals surface area contributed by atoms with Crippen LogP contribution in [0.3, 0.4) is 0 Å². The SMILES string of the molecule is CC(CC(=O)N1CCC2(CC1)C(=O)N(CC(=O)N1CCCC1)CN2c1ccccc1)CC(C)(C)C. The van der Waals surface area contributed by atoms with Crippen LogP contribution in [0.5, 0.6) is 0 Å². The molecule has 7 nitrogen and oxygen atoms in total. The summed E-state index contributed by atoms with van der Waals surface area (Å²) in [4.78, 5) is 47.5. The number of hydrogen-bond donors (Lipinski definition) is 0. The average Bonchev–Trinajstić information content (AvgIpc) is 3.43. The topological polar surface area (TPSA) is 64.2 Å². The number of piperidine rings is 1. The highest BCUT2D eigenvalue weighted by atomic mass is 16.2. The van der Waals surface area contributed by atoms with E-state index in [0.717, 1.165) is 38.0 Å². The fraction of sp³-hybridized carbons (Fsp3) is 0.679. The minimum atomic E-state index is -0.694. The van der Waals surface area contributed by atoms with Gasteiger partial charge in [-0.05, 0) is 55.6 Å². The van der Waals surface area contributed by atoms with Crippen molar-refractivity contribution in [3.05, 3.63) is 30.3 Å². The normalized spacial score (nSPS) is 21.2. The summed E-state index contributed by atoms with van der Waals surface area (Å²) in [7, 11) is 0. The summed E-state index contributed by atoms with van der Waals surface area (Å²) in [5.74, 6) is 0.595. The lowest BCUT2D eigenvalue weighted by Gasteiger charge is -2.43. The Kier molecular flexibility index (Phi) is 7.43. The zero-order valence-corrected chi connectivity index (χ0v) is 22.0. The zero-order valence-electron chi connectivity index (χ0n) is 22.0. The first-order valence-corrected chi connectivity index (χ1v) is 13.3. The van der Waals surface area contributed by atoms with Gasteiger partial charge in [-0.1, -0.05) is 45.9 Å². The van der Waals surface area contributed by atoms with Gasteiger partial charge < -0.3 is 19.6 Å². The van der Waals surface area contributed by atoms with Gasteiger partial charge in [0.15, 0.2) is 0 Å². The van der Waals surface area contributed by atoms with E-state index in [0.29, 0.717) is 44.9 Å². The van der Waals surface area contributed by atoms with E-state index in [1.54, 1.807) is 4.90 Å². The van der Waals surface area contributed by atoms with Crippen LogP contribution in [0, 0.1) is 11.3 Å². The molecule has 0 bridgehead atoms. The average molecular weight is 483 g/mol. The van der Waals surface area contributed by atoms with Crippen LogP contribution in [0.25, 0.3) is 0 Å². The zero-order chi connectivity index (χ0) is 25.2. The van der Waals surface area contributed by atoms with Gasteiger partial charge in [0.1, 0.15) is 12.1 Å². The lowest BCUT2D eigenvalue weighted by Crippen LogP contribution is -2.57. The number of para-hydroxylation sites is 1. The molecule has 3 aliphatic rings. The smallest absolute Gasteiger partial charge is 0.250 e. The molecule has 0 aliphatic carbocycles. The summed E-state index contributed by atoms with van der Waals surface area (Å²) in [6.45, 7) is 12.1. The Morgan fingerprint density at radius 1 is 0.943 bits per heavy atom. The Morgan fingerprint density at radius 3 is 2.14 bits per heavy atom.